The third kappa shape index (κ3) is 3.70. The molecule has 2 atom stereocenters. The van der Waals surface area contributed by atoms with Crippen LogP contribution in [0.1, 0.15) is 12.1 Å². The molecule has 2 aromatic rings. The van der Waals surface area contributed by atoms with Crippen LogP contribution in [-0.4, -0.2) is 44.1 Å². The largest absolute Gasteiger partial charge is 0.394 e. The number of aryl methyl sites for hydroxylation is 1. The summed E-state index contributed by atoms with van der Waals surface area (Å²) in [6.07, 6.45) is -1.67. The molecule has 7 nitrogen and oxygen atoms in total. The summed E-state index contributed by atoms with van der Waals surface area (Å²) < 4.78 is 0. The van der Waals surface area contributed by atoms with Crippen molar-refractivity contribution in [2.24, 2.45) is 0 Å². The molecule has 7 heteroatoms. The highest BCUT2D eigenvalue weighted by atomic mass is 16.4. The lowest BCUT2D eigenvalue weighted by atomic mass is 9.99. The quantitative estimate of drug-likeness (QED) is 0.504. The Morgan fingerprint density at radius 2 is 1.68 bits per heavy atom. The number of aliphatic hydroxyl groups is 3. The van der Waals surface area contributed by atoms with E-state index in [-0.39, 0.29) is 18.2 Å². The van der Waals surface area contributed by atoms with Crippen LogP contribution in [0.4, 0.5) is 11.8 Å². The summed E-state index contributed by atoms with van der Waals surface area (Å²) in [5, 5.41) is 28.0. The number of nitrogens with zero attached hydrogens (tertiary/aromatic N) is 2. The van der Waals surface area contributed by atoms with Crippen molar-refractivity contribution < 1.29 is 15.3 Å². The van der Waals surface area contributed by atoms with Crippen LogP contribution in [0.2, 0.25) is 0 Å². The molecule has 0 bridgehead atoms. The second-order valence-electron chi connectivity index (χ2n) is 5.01. The summed E-state index contributed by atoms with van der Waals surface area (Å²) in [6.45, 7) is -0.499. The zero-order chi connectivity index (χ0) is 16.1. The van der Waals surface area contributed by atoms with Crippen LogP contribution >= 0.6 is 0 Å². The number of anilines is 2. The van der Waals surface area contributed by atoms with Gasteiger partial charge in [0.1, 0.15) is 11.9 Å². The summed E-state index contributed by atoms with van der Waals surface area (Å²) >= 11 is 0. The topological polar surface area (TPSA) is 139 Å². The first-order valence-electron chi connectivity index (χ1n) is 6.97. The summed E-state index contributed by atoms with van der Waals surface area (Å²) in [5.74, 6) is 0.329. The molecule has 0 aliphatic rings. The minimum Gasteiger partial charge on any atom is -0.394 e. The first-order valence-corrected chi connectivity index (χ1v) is 6.97. The Labute approximate surface area is 128 Å². The van der Waals surface area contributed by atoms with Gasteiger partial charge in [-0.2, -0.15) is 4.98 Å². The molecule has 0 radical (unpaired) electrons. The van der Waals surface area contributed by atoms with Crippen molar-refractivity contribution in [3.63, 3.8) is 0 Å². The molecule has 2 rings (SSSR count). The predicted molar refractivity (Wildman–Crippen MR) is 83.7 cm³/mol. The highest BCUT2D eigenvalue weighted by molar-refractivity contribution is 5.76. The smallest absolute Gasteiger partial charge is 0.222 e. The van der Waals surface area contributed by atoms with Gasteiger partial charge in [-0.3, -0.25) is 0 Å². The Morgan fingerprint density at radius 1 is 1.00 bits per heavy atom. The number of aromatic nitrogens is 2. The highest BCUT2D eigenvalue weighted by Crippen LogP contribution is 2.29. The molecule has 0 unspecified atom stereocenters. The first kappa shape index (κ1) is 16.2. The van der Waals surface area contributed by atoms with E-state index in [2.05, 4.69) is 9.97 Å². The molecule has 22 heavy (non-hydrogen) atoms. The molecular formula is C15H20N4O3. The molecule has 1 aromatic carbocycles. The van der Waals surface area contributed by atoms with Gasteiger partial charge in [0.25, 0.3) is 0 Å². The third-order valence-electron chi connectivity index (χ3n) is 3.40. The standard InChI is InChI=1S/C15H20N4O3/c16-14-13(9-4-2-1-3-5-9)10(18-15(17)19-14)6-7-11(21)12(22)8-20/h1-5,11-12,20-22H,6-8H2,(H4,16,17,18,19)/t11-,12-/m0/s1. The van der Waals surface area contributed by atoms with Crippen LogP contribution in [0.5, 0.6) is 0 Å². The average Bonchev–Trinajstić information content (AvgIpc) is 2.52. The molecule has 0 amide bonds. The van der Waals surface area contributed by atoms with Crippen molar-refractivity contribution in [3.05, 3.63) is 36.0 Å². The SMILES string of the molecule is Nc1nc(N)c(-c2ccccc2)c(CC[C@H](O)[C@@H](O)CO)n1. The second kappa shape index (κ2) is 7.17. The Kier molecular flexibility index (Phi) is 5.26. The lowest BCUT2D eigenvalue weighted by Crippen LogP contribution is -2.29. The predicted octanol–water partition coefficient (Wildman–Crippen LogP) is -0.0453. The van der Waals surface area contributed by atoms with Crippen LogP contribution in [0, 0.1) is 0 Å². The van der Waals surface area contributed by atoms with Gasteiger partial charge in [0.2, 0.25) is 5.95 Å². The Hall–Kier alpha value is -2.22. The normalized spacial score (nSPS) is 13.8. The van der Waals surface area contributed by atoms with E-state index in [4.69, 9.17) is 16.6 Å². The summed E-state index contributed by atoms with van der Waals surface area (Å²) in [7, 11) is 0. The van der Waals surface area contributed by atoms with Gasteiger partial charge < -0.3 is 26.8 Å². The molecule has 1 aromatic heterocycles. The fourth-order valence-electron chi connectivity index (χ4n) is 2.25. The van der Waals surface area contributed by atoms with E-state index in [1.807, 2.05) is 30.3 Å². The van der Waals surface area contributed by atoms with Gasteiger partial charge in [0.15, 0.2) is 0 Å². The average molecular weight is 304 g/mol. The fourth-order valence-corrected chi connectivity index (χ4v) is 2.25. The van der Waals surface area contributed by atoms with Gasteiger partial charge in [0, 0.05) is 5.56 Å². The number of hydrogen-bond donors (Lipinski definition) is 5. The van der Waals surface area contributed by atoms with Crippen molar-refractivity contribution >= 4 is 11.8 Å². The summed E-state index contributed by atoms with van der Waals surface area (Å²) in [6, 6.07) is 9.40. The Balaban J connectivity index is 2.30. The maximum atomic E-state index is 9.76. The molecule has 0 aliphatic carbocycles. The molecule has 0 aliphatic heterocycles. The number of nitrogens with two attached hydrogens (primary N) is 2. The molecular weight excluding hydrogens is 284 g/mol. The van der Waals surface area contributed by atoms with E-state index < -0.39 is 18.8 Å². The fraction of sp³-hybridized carbons (Fsp3) is 0.333. The number of rotatable bonds is 6. The van der Waals surface area contributed by atoms with Gasteiger partial charge in [-0.1, -0.05) is 30.3 Å². The second-order valence-corrected chi connectivity index (χ2v) is 5.01. The van der Waals surface area contributed by atoms with Crippen molar-refractivity contribution in [2.45, 2.75) is 25.0 Å². The minimum atomic E-state index is -1.18. The van der Waals surface area contributed by atoms with Crippen molar-refractivity contribution in [3.8, 4) is 11.1 Å². The molecule has 0 fully saturated rings. The first-order chi connectivity index (χ1) is 10.5. The van der Waals surface area contributed by atoms with Gasteiger partial charge in [-0.05, 0) is 18.4 Å². The van der Waals surface area contributed by atoms with Crippen molar-refractivity contribution in [1.82, 2.24) is 9.97 Å². The van der Waals surface area contributed by atoms with Crippen LogP contribution in [-0.2, 0) is 6.42 Å². The van der Waals surface area contributed by atoms with Gasteiger partial charge in [-0.15, -0.1) is 0 Å². The Bertz CT molecular complexity index is 622. The molecule has 118 valence electrons. The molecule has 0 spiro atoms. The zero-order valence-electron chi connectivity index (χ0n) is 12.1. The number of aliphatic hydroxyl groups excluding tert-OH is 3. The monoisotopic (exact) mass is 304 g/mol. The number of hydrogen-bond acceptors (Lipinski definition) is 7. The van der Waals surface area contributed by atoms with E-state index in [0.29, 0.717) is 17.7 Å². The van der Waals surface area contributed by atoms with Crippen LogP contribution in [0.3, 0.4) is 0 Å². The number of benzene rings is 1. The van der Waals surface area contributed by atoms with Gasteiger partial charge >= 0.3 is 0 Å². The summed E-state index contributed by atoms with van der Waals surface area (Å²) in [4.78, 5) is 8.18. The summed E-state index contributed by atoms with van der Waals surface area (Å²) in [5.41, 5.74) is 13.7. The number of nitrogen functional groups attached to an aromatic ring is 2. The maximum absolute atomic E-state index is 9.76. The van der Waals surface area contributed by atoms with E-state index in [1.165, 1.54) is 0 Å². The lowest BCUT2D eigenvalue weighted by Gasteiger charge is -2.17. The molecule has 0 saturated carbocycles. The van der Waals surface area contributed by atoms with E-state index in [9.17, 15) is 10.2 Å². The van der Waals surface area contributed by atoms with Crippen molar-refractivity contribution in [1.29, 1.82) is 0 Å². The molecule has 1 heterocycles. The minimum absolute atomic E-state index is 0.0596. The van der Waals surface area contributed by atoms with Gasteiger partial charge in [-0.25, -0.2) is 4.98 Å². The maximum Gasteiger partial charge on any atom is 0.222 e. The van der Waals surface area contributed by atoms with Crippen LogP contribution in [0.25, 0.3) is 11.1 Å². The Morgan fingerprint density at radius 3 is 2.32 bits per heavy atom. The van der Waals surface area contributed by atoms with Gasteiger partial charge in [0.05, 0.1) is 18.4 Å². The van der Waals surface area contributed by atoms with Crippen molar-refractivity contribution in [2.75, 3.05) is 18.1 Å². The van der Waals surface area contributed by atoms with E-state index >= 15 is 0 Å². The zero-order valence-corrected chi connectivity index (χ0v) is 12.1. The van der Waals surface area contributed by atoms with Crippen LogP contribution < -0.4 is 11.5 Å². The molecule has 0 saturated heterocycles. The van der Waals surface area contributed by atoms with E-state index in [1.54, 1.807) is 0 Å². The third-order valence-corrected chi connectivity index (χ3v) is 3.40. The van der Waals surface area contributed by atoms with E-state index in [0.717, 1.165) is 5.56 Å². The van der Waals surface area contributed by atoms with Crippen LogP contribution in [0.15, 0.2) is 30.3 Å². The lowest BCUT2D eigenvalue weighted by molar-refractivity contribution is -0.0173. The molecule has 7 N–H and O–H groups in total. The highest BCUT2D eigenvalue weighted by Gasteiger charge is 2.18.